The SMILES string of the molecule is CCN1C[C@H](C(=O)N2CCc3sccc3C2)CC1=O. The maximum Gasteiger partial charge on any atom is 0.228 e. The first-order chi connectivity index (χ1) is 9.19. The number of nitrogens with zero attached hydrogens (tertiary/aromatic N) is 2. The summed E-state index contributed by atoms with van der Waals surface area (Å²) in [7, 11) is 0. The monoisotopic (exact) mass is 278 g/mol. The fraction of sp³-hybridized carbons (Fsp3) is 0.571. The normalized spacial score (nSPS) is 22.8. The number of rotatable bonds is 2. The van der Waals surface area contributed by atoms with Gasteiger partial charge in [-0.15, -0.1) is 11.3 Å². The Bertz CT molecular complexity index is 511. The van der Waals surface area contributed by atoms with E-state index in [2.05, 4.69) is 11.4 Å². The molecule has 19 heavy (non-hydrogen) atoms. The van der Waals surface area contributed by atoms with Crippen LogP contribution in [0, 0.1) is 5.92 Å². The van der Waals surface area contributed by atoms with Crippen LogP contribution in [0.25, 0.3) is 0 Å². The van der Waals surface area contributed by atoms with Crippen molar-refractivity contribution >= 4 is 23.2 Å². The van der Waals surface area contributed by atoms with Crippen molar-refractivity contribution in [3.63, 3.8) is 0 Å². The van der Waals surface area contributed by atoms with Gasteiger partial charge in [0.25, 0.3) is 0 Å². The van der Waals surface area contributed by atoms with E-state index in [1.54, 1.807) is 16.2 Å². The van der Waals surface area contributed by atoms with E-state index in [1.165, 1.54) is 10.4 Å². The Kier molecular flexibility index (Phi) is 3.31. The summed E-state index contributed by atoms with van der Waals surface area (Å²) in [5, 5.41) is 2.09. The number of carbonyl (C=O) groups excluding carboxylic acids is 2. The van der Waals surface area contributed by atoms with Crippen molar-refractivity contribution in [2.24, 2.45) is 5.92 Å². The van der Waals surface area contributed by atoms with E-state index in [9.17, 15) is 9.59 Å². The molecule has 0 bridgehead atoms. The van der Waals surface area contributed by atoms with Gasteiger partial charge in [-0.05, 0) is 30.4 Å². The lowest BCUT2D eigenvalue weighted by Crippen LogP contribution is -2.40. The second kappa shape index (κ2) is 4.96. The van der Waals surface area contributed by atoms with Crippen molar-refractivity contribution in [1.82, 2.24) is 9.80 Å². The first kappa shape index (κ1) is 12.7. The van der Waals surface area contributed by atoms with Gasteiger partial charge in [0.1, 0.15) is 0 Å². The summed E-state index contributed by atoms with van der Waals surface area (Å²) in [6.07, 6.45) is 1.34. The third-order valence-corrected chi connectivity index (χ3v) is 5.09. The van der Waals surface area contributed by atoms with Gasteiger partial charge in [0.05, 0.1) is 5.92 Å². The van der Waals surface area contributed by atoms with Crippen LogP contribution in [0.1, 0.15) is 23.8 Å². The number of fused-ring (bicyclic) bond motifs is 1. The van der Waals surface area contributed by atoms with E-state index >= 15 is 0 Å². The second-order valence-electron chi connectivity index (χ2n) is 5.21. The molecule has 2 aliphatic heterocycles. The van der Waals surface area contributed by atoms with Gasteiger partial charge in [0.15, 0.2) is 0 Å². The van der Waals surface area contributed by atoms with Crippen molar-refractivity contribution in [2.45, 2.75) is 26.3 Å². The maximum absolute atomic E-state index is 12.5. The summed E-state index contributed by atoms with van der Waals surface area (Å²) >= 11 is 1.78. The summed E-state index contributed by atoms with van der Waals surface area (Å²) in [6.45, 7) is 4.78. The zero-order valence-corrected chi connectivity index (χ0v) is 11.9. The molecule has 2 aliphatic rings. The molecule has 0 saturated carbocycles. The Hall–Kier alpha value is -1.36. The third kappa shape index (κ3) is 2.27. The van der Waals surface area contributed by atoms with E-state index in [0.29, 0.717) is 26.1 Å². The Morgan fingerprint density at radius 2 is 2.37 bits per heavy atom. The fourth-order valence-electron chi connectivity index (χ4n) is 2.94. The highest BCUT2D eigenvalue weighted by Gasteiger charge is 2.36. The fourth-order valence-corrected chi connectivity index (χ4v) is 3.83. The van der Waals surface area contributed by atoms with E-state index < -0.39 is 0 Å². The first-order valence-corrected chi connectivity index (χ1v) is 7.68. The van der Waals surface area contributed by atoms with Gasteiger partial charge >= 0.3 is 0 Å². The molecule has 1 fully saturated rings. The number of thiophene rings is 1. The topological polar surface area (TPSA) is 40.6 Å². The molecule has 0 radical (unpaired) electrons. The van der Waals surface area contributed by atoms with Crippen molar-refractivity contribution in [2.75, 3.05) is 19.6 Å². The van der Waals surface area contributed by atoms with Crippen LogP contribution in [0.3, 0.4) is 0 Å². The average Bonchev–Trinajstić information content (AvgIpc) is 3.02. The highest BCUT2D eigenvalue weighted by molar-refractivity contribution is 7.10. The lowest BCUT2D eigenvalue weighted by atomic mass is 10.0. The van der Waals surface area contributed by atoms with Gasteiger partial charge in [0, 0.05) is 37.5 Å². The molecule has 0 aliphatic carbocycles. The number of carbonyl (C=O) groups is 2. The molecule has 4 nitrogen and oxygen atoms in total. The first-order valence-electron chi connectivity index (χ1n) is 6.81. The predicted molar refractivity (Wildman–Crippen MR) is 73.8 cm³/mol. The molecule has 5 heteroatoms. The number of hydrogen-bond acceptors (Lipinski definition) is 3. The highest BCUT2D eigenvalue weighted by Crippen LogP contribution is 2.27. The average molecular weight is 278 g/mol. The smallest absolute Gasteiger partial charge is 0.228 e. The molecule has 0 N–H and O–H groups in total. The molecule has 1 aromatic rings. The lowest BCUT2D eigenvalue weighted by molar-refractivity contribution is -0.136. The molecular formula is C14H18N2O2S. The van der Waals surface area contributed by atoms with Crippen LogP contribution in [-0.4, -0.2) is 41.2 Å². The number of hydrogen-bond donors (Lipinski definition) is 0. The van der Waals surface area contributed by atoms with E-state index in [4.69, 9.17) is 0 Å². The number of amides is 2. The predicted octanol–water partition coefficient (Wildman–Crippen LogP) is 1.50. The molecule has 1 aromatic heterocycles. The maximum atomic E-state index is 12.5. The minimum absolute atomic E-state index is 0.120. The van der Waals surface area contributed by atoms with Gasteiger partial charge < -0.3 is 9.80 Å². The summed E-state index contributed by atoms with van der Waals surface area (Å²) < 4.78 is 0. The van der Waals surface area contributed by atoms with Crippen LogP contribution in [0.4, 0.5) is 0 Å². The molecule has 1 saturated heterocycles. The second-order valence-corrected chi connectivity index (χ2v) is 6.21. The summed E-state index contributed by atoms with van der Waals surface area (Å²) in [5.41, 5.74) is 1.28. The zero-order chi connectivity index (χ0) is 13.4. The largest absolute Gasteiger partial charge is 0.342 e. The van der Waals surface area contributed by atoms with Crippen LogP contribution in [-0.2, 0) is 22.6 Å². The van der Waals surface area contributed by atoms with Gasteiger partial charge in [-0.2, -0.15) is 0 Å². The van der Waals surface area contributed by atoms with E-state index in [0.717, 1.165) is 13.0 Å². The Morgan fingerprint density at radius 3 is 3.11 bits per heavy atom. The molecule has 1 atom stereocenters. The Morgan fingerprint density at radius 1 is 1.53 bits per heavy atom. The molecule has 2 amide bonds. The third-order valence-electron chi connectivity index (χ3n) is 4.06. The standard InChI is InChI=1S/C14H18N2O2S/c1-2-15-9-11(7-13(15)17)14(18)16-5-3-12-10(8-16)4-6-19-12/h4,6,11H,2-3,5,7-9H2,1H3/t11-/m1/s1. The molecule has 3 heterocycles. The minimum atomic E-state index is -0.132. The summed E-state index contributed by atoms with van der Waals surface area (Å²) in [4.78, 5) is 29.3. The summed E-state index contributed by atoms with van der Waals surface area (Å²) in [6, 6.07) is 2.11. The quantitative estimate of drug-likeness (QED) is 0.822. The van der Waals surface area contributed by atoms with E-state index in [-0.39, 0.29) is 17.7 Å². The van der Waals surface area contributed by atoms with Crippen LogP contribution < -0.4 is 0 Å². The van der Waals surface area contributed by atoms with Gasteiger partial charge in [-0.25, -0.2) is 0 Å². The van der Waals surface area contributed by atoms with Crippen molar-refractivity contribution in [3.05, 3.63) is 21.9 Å². The summed E-state index contributed by atoms with van der Waals surface area (Å²) in [5.74, 6) is 0.142. The zero-order valence-electron chi connectivity index (χ0n) is 11.1. The van der Waals surface area contributed by atoms with Crippen LogP contribution in [0.15, 0.2) is 11.4 Å². The Balaban J connectivity index is 1.68. The van der Waals surface area contributed by atoms with Gasteiger partial charge in [-0.1, -0.05) is 0 Å². The van der Waals surface area contributed by atoms with Crippen LogP contribution in [0.2, 0.25) is 0 Å². The molecule has 0 spiro atoms. The van der Waals surface area contributed by atoms with Crippen LogP contribution >= 0.6 is 11.3 Å². The van der Waals surface area contributed by atoms with Crippen molar-refractivity contribution in [3.8, 4) is 0 Å². The molecule has 102 valence electrons. The molecular weight excluding hydrogens is 260 g/mol. The molecule has 3 rings (SSSR count). The van der Waals surface area contributed by atoms with Gasteiger partial charge in [-0.3, -0.25) is 9.59 Å². The molecule has 0 aromatic carbocycles. The van der Waals surface area contributed by atoms with Crippen LogP contribution in [0.5, 0.6) is 0 Å². The van der Waals surface area contributed by atoms with Crippen molar-refractivity contribution < 1.29 is 9.59 Å². The Labute approximate surface area is 117 Å². The van der Waals surface area contributed by atoms with Crippen molar-refractivity contribution in [1.29, 1.82) is 0 Å². The van der Waals surface area contributed by atoms with Gasteiger partial charge in [0.2, 0.25) is 11.8 Å². The lowest BCUT2D eigenvalue weighted by Gasteiger charge is -2.29. The highest BCUT2D eigenvalue weighted by atomic mass is 32.1. The molecule has 0 unspecified atom stereocenters. The minimum Gasteiger partial charge on any atom is -0.342 e. The number of likely N-dealkylation sites (tertiary alicyclic amines) is 1. The van der Waals surface area contributed by atoms with E-state index in [1.807, 2.05) is 11.8 Å².